The van der Waals surface area contributed by atoms with Crippen LogP contribution in [0.2, 0.25) is 0 Å². The van der Waals surface area contributed by atoms with Gasteiger partial charge in [-0.05, 0) is 24.5 Å². The number of unbranched alkanes of at least 4 members (excludes halogenated alkanes) is 1. The fourth-order valence-corrected chi connectivity index (χ4v) is 1.96. The number of nitro groups is 1. The van der Waals surface area contributed by atoms with Crippen molar-refractivity contribution in [2.24, 2.45) is 0 Å². The van der Waals surface area contributed by atoms with Gasteiger partial charge in [-0.1, -0.05) is 25.5 Å². The summed E-state index contributed by atoms with van der Waals surface area (Å²) in [5, 5.41) is 11.7. The third-order valence-electron chi connectivity index (χ3n) is 2.93. The summed E-state index contributed by atoms with van der Waals surface area (Å²) in [4.78, 5) is 14.7. The van der Waals surface area contributed by atoms with Gasteiger partial charge in [-0.15, -0.1) is 0 Å². The van der Waals surface area contributed by atoms with Crippen molar-refractivity contribution in [3.8, 4) is 0 Å². The second-order valence-electron chi connectivity index (χ2n) is 4.24. The van der Waals surface area contributed by atoms with Crippen molar-refractivity contribution in [2.45, 2.75) is 26.2 Å². The number of pyridine rings is 1. The van der Waals surface area contributed by atoms with E-state index in [-0.39, 0.29) is 5.69 Å². The first-order chi connectivity index (χ1) is 8.63. The molecule has 0 atom stereocenters. The summed E-state index contributed by atoms with van der Waals surface area (Å²) in [6.45, 7) is 2.11. The molecule has 0 amide bonds. The predicted octanol–water partition coefficient (Wildman–Crippen LogP) is 3.07. The van der Waals surface area contributed by atoms with Crippen LogP contribution in [0, 0.1) is 10.1 Å². The normalized spacial score (nSPS) is 10.7. The molecular formula is C13H15N3O2. The molecule has 0 saturated heterocycles. The van der Waals surface area contributed by atoms with Crippen LogP contribution in [0.15, 0.2) is 24.3 Å². The Hall–Kier alpha value is -2.17. The van der Waals surface area contributed by atoms with E-state index in [9.17, 15) is 10.1 Å². The van der Waals surface area contributed by atoms with Gasteiger partial charge >= 0.3 is 0 Å². The van der Waals surface area contributed by atoms with Gasteiger partial charge in [0.1, 0.15) is 5.82 Å². The molecule has 0 bridgehead atoms. The fraction of sp³-hybridized carbons (Fsp3) is 0.308. The fourth-order valence-electron chi connectivity index (χ4n) is 1.96. The van der Waals surface area contributed by atoms with Gasteiger partial charge in [-0.3, -0.25) is 10.1 Å². The van der Waals surface area contributed by atoms with Crippen molar-refractivity contribution in [2.75, 3.05) is 5.73 Å². The summed E-state index contributed by atoms with van der Waals surface area (Å²) in [7, 11) is 0. The number of nitrogens with two attached hydrogens (primary N) is 1. The van der Waals surface area contributed by atoms with E-state index in [4.69, 9.17) is 5.73 Å². The van der Waals surface area contributed by atoms with Gasteiger partial charge in [-0.25, -0.2) is 4.98 Å². The Bertz CT molecular complexity index is 596. The lowest BCUT2D eigenvalue weighted by Gasteiger charge is -2.06. The highest BCUT2D eigenvalue weighted by molar-refractivity contribution is 5.89. The molecule has 0 unspecified atom stereocenters. The Kier molecular flexibility index (Phi) is 3.41. The van der Waals surface area contributed by atoms with Gasteiger partial charge in [0.2, 0.25) is 0 Å². The van der Waals surface area contributed by atoms with E-state index in [1.165, 1.54) is 6.07 Å². The minimum atomic E-state index is -0.430. The average molecular weight is 245 g/mol. The van der Waals surface area contributed by atoms with Crippen LogP contribution in [-0.2, 0) is 6.42 Å². The highest BCUT2D eigenvalue weighted by Crippen LogP contribution is 2.27. The second-order valence-corrected chi connectivity index (χ2v) is 4.24. The van der Waals surface area contributed by atoms with Gasteiger partial charge in [0, 0.05) is 11.5 Å². The van der Waals surface area contributed by atoms with Crippen LogP contribution >= 0.6 is 0 Å². The first-order valence-electron chi connectivity index (χ1n) is 5.96. The molecular weight excluding hydrogens is 230 g/mol. The monoisotopic (exact) mass is 245 g/mol. The molecule has 94 valence electrons. The topological polar surface area (TPSA) is 82.0 Å². The number of fused-ring (bicyclic) bond motifs is 1. The van der Waals surface area contributed by atoms with Crippen LogP contribution in [0.5, 0.6) is 0 Å². The molecule has 18 heavy (non-hydrogen) atoms. The van der Waals surface area contributed by atoms with Crippen LogP contribution in [0.1, 0.15) is 25.3 Å². The second kappa shape index (κ2) is 5.00. The van der Waals surface area contributed by atoms with Crippen molar-refractivity contribution >= 4 is 22.4 Å². The molecule has 0 aliphatic rings. The smallest absolute Gasteiger partial charge is 0.295 e. The Morgan fingerprint density at radius 3 is 2.89 bits per heavy atom. The minimum Gasteiger partial charge on any atom is -0.383 e. The lowest BCUT2D eigenvalue weighted by molar-refractivity contribution is -0.383. The summed E-state index contributed by atoms with van der Waals surface area (Å²) < 4.78 is 0. The van der Waals surface area contributed by atoms with Crippen molar-refractivity contribution in [1.29, 1.82) is 0 Å². The summed E-state index contributed by atoms with van der Waals surface area (Å²) in [6, 6.07) is 6.84. The molecule has 5 nitrogen and oxygen atoms in total. The quantitative estimate of drug-likeness (QED) is 0.662. The molecule has 5 heteroatoms. The Labute approximate surface area is 105 Å². The largest absolute Gasteiger partial charge is 0.383 e. The molecule has 1 heterocycles. The highest BCUT2D eigenvalue weighted by atomic mass is 16.6. The number of hydrogen-bond acceptors (Lipinski definition) is 4. The van der Waals surface area contributed by atoms with E-state index in [1.54, 1.807) is 6.07 Å². The molecule has 2 rings (SSSR count). The first-order valence-corrected chi connectivity index (χ1v) is 5.96. The SMILES string of the molecule is CCCCc1cc2cccc([N+](=O)[O-])c2nc1N. The number of nitro benzene ring substituents is 1. The van der Waals surface area contributed by atoms with E-state index in [0.29, 0.717) is 11.3 Å². The van der Waals surface area contributed by atoms with E-state index in [2.05, 4.69) is 11.9 Å². The van der Waals surface area contributed by atoms with Crippen molar-refractivity contribution < 1.29 is 4.92 Å². The first kappa shape index (κ1) is 12.3. The molecule has 0 aliphatic carbocycles. The van der Waals surface area contributed by atoms with Crippen LogP contribution in [-0.4, -0.2) is 9.91 Å². The maximum atomic E-state index is 10.9. The summed E-state index contributed by atoms with van der Waals surface area (Å²) in [5.74, 6) is 0.394. The van der Waals surface area contributed by atoms with E-state index in [1.807, 2.05) is 12.1 Å². The average Bonchev–Trinajstić information content (AvgIpc) is 2.35. The molecule has 2 aromatic rings. The molecule has 0 fully saturated rings. The molecule has 1 aromatic carbocycles. The van der Waals surface area contributed by atoms with Crippen LogP contribution in [0.4, 0.5) is 11.5 Å². The Balaban J connectivity index is 2.56. The van der Waals surface area contributed by atoms with Crippen molar-refractivity contribution in [1.82, 2.24) is 4.98 Å². The molecule has 2 N–H and O–H groups in total. The summed E-state index contributed by atoms with van der Waals surface area (Å²) >= 11 is 0. The molecule has 0 radical (unpaired) electrons. The number of hydrogen-bond donors (Lipinski definition) is 1. The third-order valence-corrected chi connectivity index (χ3v) is 2.93. The molecule has 0 aliphatic heterocycles. The Morgan fingerprint density at radius 2 is 2.22 bits per heavy atom. The van der Waals surface area contributed by atoms with Gasteiger partial charge < -0.3 is 5.73 Å². The van der Waals surface area contributed by atoms with Crippen molar-refractivity contribution in [3.05, 3.63) is 39.9 Å². The van der Waals surface area contributed by atoms with E-state index in [0.717, 1.165) is 30.2 Å². The van der Waals surface area contributed by atoms with E-state index < -0.39 is 4.92 Å². The number of non-ortho nitro benzene ring substituents is 1. The van der Waals surface area contributed by atoms with Gasteiger partial charge in [0.15, 0.2) is 5.52 Å². The summed E-state index contributed by atoms with van der Waals surface area (Å²) in [5.41, 5.74) is 7.19. The number of rotatable bonds is 4. The predicted molar refractivity (Wildman–Crippen MR) is 71.4 cm³/mol. The zero-order valence-electron chi connectivity index (χ0n) is 10.2. The Morgan fingerprint density at radius 1 is 1.44 bits per heavy atom. The molecule has 0 spiro atoms. The highest BCUT2D eigenvalue weighted by Gasteiger charge is 2.14. The number of nitrogens with zero attached hydrogens (tertiary/aromatic N) is 2. The molecule has 1 aromatic heterocycles. The van der Waals surface area contributed by atoms with Gasteiger partial charge in [0.25, 0.3) is 5.69 Å². The lowest BCUT2D eigenvalue weighted by atomic mass is 10.1. The number of nitrogen functional groups attached to an aromatic ring is 1. The van der Waals surface area contributed by atoms with Gasteiger partial charge in [0.05, 0.1) is 4.92 Å². The van der Waals surface area contributed by atoms with Crippen LogP contribution in [0.3, 0.4) is 0 Å². The number of aromatic nitrogens is 1. The number of para-hydroxylation sites is 1. The minimum absolute atomic E-state index is 0.00115. The zero-order chi connectivity index (χ0) is 13.1. The number of anilines is 1. The van der Waals surface area contributed by atoms with Crippen molar-refractivity contribution in [3.63, 3.8) is 0 Å². The number of aryl methyl sites for hydroxylation is 1. The standard InChI is InChI=1S/C13H15N3O2/c1-2-3-5-10-8-9-6-4-7-11(16(17)18)12(9)15-13(10)14/h4,6-8H,2-3,5H2,1H3,(H2,14,15). The van der Waals surface area contributed by atoms with Gasteiger partial charge in [-0.2, -0.15) is 0 Å². The van der Waals surface area contributed by atoms with E-state index >= 15 is 0 Å². The van der Waals surface area contributed by atoms with Crippen LogP contribution < -0.4 is 5.73 Å². The molecule has 0 saturated carbocycles. The maximum Gasteiger partial charge on any atom is 0.295 e. The third kappa shape index (κ3) is 2.25. The lowest BCUT2D eigenvalue weighted by Crippen LogP contribution is -2.00. The van der Waals surface area contributed by atoms with Crippen LogP contribution in [0.25, 0.3) is 10.9 Å². The number of benzene rings is 1. The maximum absolute atomic E-state index is 10.9. The zero-order valence-corrected chi connectivity index (χ0v) is 10.2. The summed E-state index contributed by atoms with van der Waals surface area (Å²) in [6.07, 6.45) is 2.96.